The van der Waals surface area contributed by atoms with Gasteiger partial charge in [-0.3, -0.25) is 0 Å². The van der Waals surface area contributed by atoms with Crippen molar-refractivity contribution in [1.29, 1.82) is 0 Å². The molecule has 0 aliphatic heterocycles. The van der Waals surface area contributed by atoms with E-state index in [1.54, 1.807) is 6.08 Å². The maximum absolute atomic E-state index is 12.8. The number of benzene rings is 1. The number of carbonyl (C=O) groups excluding carboxylic acids is 1. The van der Waals surface area contributed by atoms with Crippen LogP contribution in [0.3, 0.4) is 0 Å². The molecule has 3 nitrogen and oxygen atoms in total. The molecule has 1 aromatic rings. The molecule has 6 heteroatoms. The van der Waals surface area contributed by atoms with Gasteiger partial charge in [0, 0.05) is 6.08 Å². The Bertz CT molecular complexity index is 705. The molecule has 0 aromatic heterocycles. The molecule has 2 rings (SSSR count). The van der Waals surface area contributed by atoms with Gasteiger partial charge in [-0.2, -0.15) is 13.2 Å². The highest BCUT2D eigenvalue weighted by atomic mass is 19.4. The fraction of sp³-hybridized carbons (Fsp3) is 0.643. The summed E-state index contributed by atoms with van der Waals surface area (Å²) in [4.78, 5) is 11.9. The molecular weight excluding hydrogens is 441 g/mol. The van der Waals surface area contributed by atoms with Crippen molar-refractivity contribution in [1.82, 2.24) is 0 Å². The van der Waals surface area contributed by atoms with E-state index < -0.39 is 12.1 Å². The highest BCUT2D eigenvalue weighted by Gasteiger charge is 2.41. The lowest BCUT2D eigenvalue weighted by Gasteiger charge is -2.29. The van der Waals surface area contributed by atoms with Gasteiger partial charge in [0.2, 0.25) is 0 Å². The van der Waals surface area contributed by atoms with Gasteiger partial charge in [-0.25, -0.2) is 4.79 Å². The van der Waals surface area contributed by atoms with Crippen LogP contribution in [0.4, 0.5) is 13.2 Å². The Hall–Kier alpha value is -1.98. The number of alkyl halides is 3. The molecule has 0 unspecified atom stereocenters. The minimum absolute atomic E-state index is 0.163. The standard InChI is InChI=1S/C28H40F3O3/c1-2-3-4-5-6-7-8-9-10-21-33-27(32)20-15-23-13-18-26(19-14-23)34-22-24-11-16-25(17-12-24)28(29,30)31/h13-15,18-20,24-25H,1-12,16-17,21-22H2/b20-15+. The van der Waals surface area contributed by atoms with E-state index in [1.165, 1.54) is 44.6 Å². The Labute approximate surface area is 203 Å². The van der Waals surface area contributed by atoms with Gasteiger partial charge in [0.05, 0.1) is 19.1 Å². The molecule has 0 atom stereocenters. The first-order valence-electron chi connectivity index (χ1n) is 12.8. The highest BCUT2D eigenvalue weighted by molar-refractivity contribution is 5.87. The molecule has 0 N–H and O–H groups in total. The quantitative estimate of drug-likeness (QED) is 0.143. The van der Waals surface area contributed by atoms with Crippen LogP contribution in [0.1, 0.15) is 89.0 Å². The zero-order valence-electron chi connectivity index (χ0n) is 20.3. The molecule has 1 fully saturated rings. The van der Waals surface area contributed by atoms with Crippen molar-refractivity contribution in [3.63, 3.8) is 0 Å². The third-order valence-electron chi connectivity index (χ3n) is 6.48. The maximum Gasteiger partial charge on any atom is 0.391 e. The van der Waals surface area contributed by atoms with E-state index in [-0.39, 0.29) is 24.7 Å². The number of hydrogen-bond acceptors (Lipinski definition) is 3. The molecule has 1 aliphatic carbocycles. The van der Waals surface area contributed by atoms with Crippen molar-refractivity contribution in [3.05, 3.63) is 42.8 Å². The first kappa shape index (κ1) is 28.3. The summed E-state index contributed by atoms with van der Waals surface area (Å²) in [6.45, 7) is 4.73. The fourth-order valence-electron chi connectivity index (χ4n) is 4.27. The lowest BCUT2D eigenvalue weighted by atomic mass is 9.82. The summed E-state index contributed by atoms with van der Waals surface area (Å²) < 4.78 is 49.3. The van der Waals surface area contributed by atoms with Crippen molar-refractivity contribution in [2.75, 3.05) is 13.2 Å². The van der Waals surface area contributed by atoms with Crippen LogP contribution in [0, 0.1) is 18.8 Å². The van der Waals surface area contributed by atoms with Gasteiger partial charge in [-0.15, -0.1) is 0 Å². The van der Waals surface area contributed by atoms with Crippen molar-refractivity contribution in [2.24, 2.45) is 11.8 Å². The summed E-state index contributed by atoms with van der Waals surface area (Å²) in [5.41, 5.74) is 0.855. The molecule has 1 aliphatic rings. The zero-order chi connectivity index (χ0) is 24.7. The molecule has 1 saturated carbocycles. The smallest absolute Gasteiger partial charge is 0.391 e. The van der Waals surface area contributed by atoms with E-state index in [4.69, 9.17) is 9.47 Å². The van der Waals surface area contributed by atoms with E-state index in [1.807, 2.05) is 24.3 Å². The van der Waals surface area contributed by atoms with Crippen molar-refractivity contribution in [2.45, 2.75) is 89.6 Å². The average molecular weight is 482 g/mol. The van der Waals surface area contributed by atoms with E-state index in [2.05, 4.69) is 6.92 Å². The summed E-state index contributed by atoms with van der Waals surface area (Å²) in [5.74, 6) is -0.663. The molecule has 0 saturated heterocycles. The number of esters is 1. The molecule has 191 valence electrons. The molecular formula is C28H40F3O3. The Morgan fingerprint density at radius 1 is 0.912 bits per heavy atom. The normalized spacial score (nSPS) is 18.8. The maximum atomic E-state index is 12.8. The van der Waals surface area contributed by atoms with Gasteiger partial charge in [-0.05, 0) is 61.8 Å². The van der Waals surface area contributed by atoms with E-state index in [0.29, 0.717) is 31.8 Å². The van der Waals surface area contributed by atoms with Crippen LogP contribution < -0.4 is 4.74 Å². The Morgan fingerprint density at radius 2 is 1.50 bits per heavy atom. The van der Waals surface area contributed by atoms with Gasteiger partial charge in [-0.1, -0.05) is 70.4 Å². The number of halogens is 3. The zero-order valence-corrected chi connectivity index (χ0v) is 20.3. The van der Waals surface area contributed by atoms with Crippen LogP contribution in [-0.2, 0) is 9.53 Å². The predicted octanol–water partition coefficient (Wildman–Crippen LogP) is 8.34. The van der Waals surface area contributed by atoms with Crippen molar-refractivity contribution >= 4 is 12.0 Å². The summed E-state index contributed by atoms with van der Waals surface area (Å²) in [6, 6.07) is 7.31. The van der Waals surface area contributed by atoms with Gasteiger partial charge in [0.1, 0.15) is 5.75 Å². The highest BCUT2D eigenvalue weighted by Crippen LogP contribution is 2.39. The monoisotopic (exact) mass is 481 g/mol. The number of carbonyl (C=O) groups is 1. The van der Waals surface area contributed by atoms with Crippen molar-refractivity contribution < 1.29 is 27.4 Å². The second-order valence-electron chi connectivity index (χ2n) is 9.32. The third kappa shape index (κ3) is 11.9. The lowest BCUT2D eigenvalue weighted by molar-refractivity contribution is -0.184. The van der Waals surface area contributed by atoms with Crippen LogP contribution in [-0.4, -0.2) is 25.4 Å². The number of ether oxygens (including phenoxy) is 2. The van der Waals surface area contributed by atoms with Gasteiger partial charge in [0.25, 0.3) is 0 Å². The first-order chi connectivity index (χ1) is 16.4. The largest absolute Gasteiger partial charge is 0.493 e. The van der Waals surface area contributed by atoms with Crippen LogP contribution >= 0.6 is 0 Å². The lowest BCUT2D eigenvalue weighted by Crippen LogP contribution is -2.29. The third-order valence-corrected chi connectivity index (χ3v) is 6.48. The van der Waals surface area contributed by atoms with Gasteiger partial charge in [0.15, 0.2) is 0 Å². The van der Waals surface area contributed by atoms with Crippen LogP contribution in [0.25, 0.3) is 6.08 Å². The summed E-state index contributed by atoms with van der Waals surface area (Å²) in [7, 11) is 0. The minimum Gasteiger partial charge on any atom is -0.493 e. The number of unbranched alkanes of at least 4 members (excludes halogenated alkanes) is 8. The van der Waals surface area contributed by atoms with Gasteiger partial charge >= 0.3 is 12.1 Å². The second-order valence-corrected chi connectivity index (χ2v) is 9.32. The number of rotatable bonds is 15. The first-order valence-corrected chi connectivity index (χ1v) is 12.8. The Morgan fingerprint density at radius 3 is 2.09 bits per heavy atom. The average Bonchev–Trinajstić information content (AvgIpc) is 2.83. The Kier molecular flexibility index (Phi) is 13.2. The molecule has 1 radical (unpaired) electrons. The van der Waals surface area contributed by atoms with Crippen LogP contribution in [0.2, 0.25) is 0 Å². The fourth-order valence-corrected chi connectivity index (χ4v) is 4.27. The Balaban J connectivity index is 1.55. The molecule has 1 aromatic carbocycles. The predicted molar refractivity (Wildman–Crippen MR) is 130 cm³/mol. The summed E-state index contributed by atoms with van der Waals surface area (Å²) >= 11 is 0. The summed E-state index contributed by atoms with van der Waals surface area (Å²) in [6.07, 6.45) is 11.0. The van der Waals surface area contributed by atoms with Gasteiger partial charge < -0.3 is 9.47 Å². The van der Waals surface area contributed by atoms with E-state index in [0.717, 1.165) is 24.8 Å². The second kappa shape index (κ2) is 15.8. The summed E-state index contributed by atoms with van der Waals surface area (Å²) in [5, 5.41) is 0. The van der Waals surface area contributed by atoms with Crippen LogP contribution in [0.5, 0.6) is 5.75 Å². The molecule has 0 amide bonds. The molecule has 34 heavy (non-hydrogen) atoms. The molecule has 0 heterocycles. The number of hydrogen-bond donors (Lipinski definition) is 0. The molecule has 0 spiro atoms. The van der Waals surface area contributed by atoms with E-state index in [9.17, 15) is 18.0 Å². The van der Waals surface area contributed by atoms with Crippen molar-refractivity contribution in [3.8, 4) is 5.75 Å². The topological polar surface area (TPSA) is 35.5 Å². The van der Waals surface area contributed by atoms with Crippen LogP contribution in [0.15, 0.2) is 30.3 Å². The molecule has 0 bridgehead atoms. The SMILES string of the molecule is [CH2]CCCCCCCCCCOC(=O)/C=C/c1ccc(OCC2CCC(C(F)(F)F)CC2)cc1. The van der Waals surface area contributed by atoms with E-state index >= 15 is 0 Å². The minimum atomic E-state index is -4.08.